The second-order valence-electron chi connectivity index (χ2n) is 6.40. The summed E-state index contributed by atoms with van der Waals surface area (Å²) >= 11 is 0. The van der Waals surface area contributed by atoms with Crippen LogP contribution in [0.3, 0.4) is 0 Å². The molecule has 1 atom stereocenters. The number of hydrogen-bond acceptors (Lipinski definition) is 2. The van der Waals surface area contributed by atoms with Crippen molar-refractivity contribution in [3.63, 3.8) is 0 Å². The van der Waals surface area contributed by atoms with Gasteiger partial charge in [0.2, 0.25) is 0 Å². The van der Waals surface area contributed by atoms with Crippen LogP contribution in [0.25, 0.3) is 0 Å². The molecule has 2 heteroatoms. The van der Waals surface area contributed by atoms with Crippen molar-refractivity contribution in [1.82, 2.24) is 9.80 Å². The van der Waals surface area contributed by atoms with E-state index in [4.69, 9.17) is 0 Å². The van der Waals surface area contributed by atoms with E-state index in [-0.39, 0.29) is 0 Å². The summed E-state index contributed by atoms with van der Waals surface area (Å²) in [7, 11) is 4.36. The average Bonchev–Trinajstić information content (AvgIpc) is 2.46. The van der Waals surface area contributed by atoms with Gasteiger partial charge in [-0.15, -0.1) is 0 Å². The minimum absolute atomic E-state index is 0.477. The molecule has 0 bridgehead atoms. The zero-order valence-corrected chi connectivity index (χ0v) is 11.2. The highest BCUT2D eigenvalue weighted by Gasteiger charge is 2.25. The Morgan fingerprint density at radius 2 is 1.93 bits per heavy atom. The highest BCUT2D eigenvalue weighted by molar-refractivity contribution is 4.81. The van der Waals surface area contributed by atoms with Crippen molar-refractivity contribution in [3.8, 4) is 0 Å². The van der Waals surface area contributed by atoms with Gasteiger partial charge in [-0.3, -0.25) is 4.90 Å². The summed E-state index contributed by atoms with van der Waals surface area (Å²) in [5.41, 5.74) is 0.477. The van der Waals surface area contributed by atoms with E-state index in [1.807, 2.05) is 0 Å². The van der Waals surface area contributed by atoms with Crippen molar-refractivity contribution in [3.05, 3.63) is 0 Å². The van der Waals surface area contributed by atoms with Crippen LogP contribution in [-0.2, 0) is 0 Å². The summed E-state index contributed by atoms with van der Waals surface area (Å²) in [5, 5.41) is 0. The Hall–Kier alpha value is -0.0800. The molecule has 1 unspecified atom stereocenters. The lowest BCUT2D eigenvalue weighted by atomic mass is 9.92. The molecular weight excluding hydrogens is 184 g/mol. The molecule has 0 aromatic carbocycles. The second kappa shape index (κ2) is 5.31. The van der Waals surface area contributed by atoms with Crippen molar-refractivity contribution in [2.75, 3.05) is 33.7 Å². The third-order valence-electron chi connectivity index (χ3n) is 3.22. The van der Waals surface area contributed by atoms with Crippen LogP contribution >= 0.6 is 0 Å². The van der Waals surface area contributed by atoms with Crippen molar-refractivity contribution in [2.45, 2.75) is 46.1 Å². The first-order valence-electron chi connectivity index (χ1n) is 6.27. The van der Waals surface area contributed by atoms with Crippen molar-refractivity contribution < 1.29 is 0 Å². The molecule has 0 radical (unpaired) electrons. The third kappa shape index (κ3) is 4.98. The van der Waals surface area contributed by atoms with Gasteiger partial charge in [0, 0.05) is 12.6 Å². The molecule has 1 aliphatic heterocycles. The second-order valence-corrected chi connectivity index (χ2v) is 6.40. The smallest absolute Gasteiger partial charge is 0.0223 e. The topological polar surface area (TPSA) is 6.48 Å². The summed E-state index contributed by atoms with van der Waals surface area (Å²) in [6.07, 6.45) is 4.10. The molecule has 0 N–H and O–H groups in total. The van der Waals surface area contributed by atoms with Gasteiger partial charge in [0.05, 0.1) is 0 Å². The average molecular weight is 212 g/mol. The van der Waals surface area contributed by atoms with Crippen molar-refractivity contribution in [2.24, 2.45) is 5.41 Å². The van der Waals surface area contributed by atoms with Gasteiger partial charge >= 0.3 is 0 Å². The molecule has 1 fully saturated rings. The number of rotatable bonds is 4. The Kier molecular flexibility index (Phi) is 4.60. The minimum atomic E-state index is 0.477. The summed E-state index contributed by atoms with van der Waals surface area (Å²) in [4.78, 5) is 5.01. The van der Waals surface area contributed by atoms with E-state index in [9.17, 15) is 0 Å². The van der Waals surface area contributed by atoms with Gasteiger partial charge in [-0.2, -0.15) is 0 Å². The highest BCUT2D eigenvalue weighted by atomic mass is 15.2. The summed E-state index contributed by atoms with van der Waals surface area (Å²) in [6, 6.07) is 0.808. The van der Waals surface area contributed by atoms with E-state index in [1.165, 1.54) is 38.9 Å². The number of nitrogens with zero attached hydrogens (tertiary/aromatic N) is 2. The predicted octanol–water partition coefficient (Wildman–Crippen LogP) is 2.45. The fourth-order valence-electron chi connectivity index (χ4n) is 2.30. The molecule has 0 aliphatic carbocycles. The fraction of sp³-hybridized carbons (Fsp3) is 1.00. The first-order valence-corrected chi connectivity index (χ1v) is 6.27. The normalized spacial score (nSPS) is 24.0. The van der Waals surface area contributed by atoms with Crippen molar-refractivity contribution in [1.29, 1.82) is 0 Å². The van der Waals surface area contributed by atoms with Crippen LogP contribution in [0.5, 0.6) is 0 Å². The maximum atomic E-state index is 2.69. The van der Waals surface area contributed by atoms with Crippen LogP contribution in [0.1, 0.15) is 40.0 Å². The molecule has 1 rings (SSSR count). The van der Waals surface area contributed by atoms with Crippen LogP contribution in [0.2, 0.25) is 0 Å². The zero-order chi connectivity index (χ0) is 11.5. The Morgan fingerprint density at radius 1 is 1.27 bits per heavy atom. The molecule has 1 aliphatic rings. The lowest BCUT2D eigenvalue weighted by molar-refractivity contribution is 0.183. The Balaban J connectivity index is 2.33. The number of likely N-dealkylation sites (N-methyl/N-ethyl adjacent to an activating group) is 1. The molecule has 90 valence electrons. The third-order valence-corrected chi connectivity index (χ3v) is 3.22. The Morgan fingerprint density at radius 3 is 2.47 bits per heavy atom. The van der Waals surface area contributed by atoms with E-state index in [2.05, 4.69) is 44.7 Å². The molecule has 1 heterocycles. The lowest BCUT2D eigenvalue weighted by Gasteiger charge is -2.29. The van der Waals surface area contributed by atoms with Gasteiger partial charge in [0.25, 0.3) is 0 Å². The van der Waals surface area contributed by atoms with E-state index >= 15 is 0 Å². The van der Waals surface area contributed by atoms with Gasteiger partial charge in [-0.1, -0.05) is 20.8 Å². The van der Waals surface area contributed by atoms with Crippen LogP contribution in [0.15, 0.2) is 0 Å². The predicted molar refractivity (Wildman–Crippen MR) is 67.2 cm³/mol. The molecule has 2 nitrogen and oxygen atoms in total. The van der Waals surface area contributed by atoms with E-state index < -0.39 is 0 Å². The number of likely N-dealkylation sites (tertiary alicyclic amines) is 1. The fourth-order valence-corrected chi connectivity index (χ4v) is 2.30. The molecule has 0 amide bonds. The first-order chi connectivity index (χ1) is 6.88. The number of hydrogen-bond donors (Lipinski definition) is 0. The van der Waals surface area contributed by atoms with Gasteiger partial charge < -0.3 is 4.90 Å². The summed E-state index contributed by atoms with van der Waals surface area (Å²) in [5.74, 6) is 0. The van der Waals surface area contributed by atoms with E-state index in [0.29, 0.717) is 5.41 Å². The lowest BCUT2D eigenvalue weighted by Crippen LogP contribution is -2.38. The molecule has 15 heavy (non-hydrogen) atoms. The maximum absolute atomic E-state index is 2.69. The van der Waals surface area contributed by atoms with Gasteiger partial charge in [-0.25, -0.2) is 0 Å². The summed E-state index contributed by atoms with van der Waals surface area (Å²) in [6.45, 7) is 10.8. The largest absolute Gasteiger partial charge is 0.308 e. The van der Waals surface area contributed by atoms with Crippen molar-refractivity contribution >= 4 is 0 Å². The van der Waals surface area contributed by atoms with Crippen LogP contribution in [0, 0.1) is 5.41 Å². The maximum Gasteiger partial charge on any atom is 0.0223 e. The molecule has 0 saturated carbocycles. The van der Waals surface area contributed by atoms with Gasteiger partial charge in [-0.05, 0) is 51.9 Å². The minimum Gasteiger partial charge on any atom is -0.308 e. The van der Waals surface area contributed by atoms with Gasteiger partial charge in [0.15, 0.2) is 0 Å². The molecule has 0 spiro atoms. The van der Waals surface area contributed by atoms with Crippen LogP contribution in [0.4, 0.5) is 0 Å². The van der Waals surface area contributed by atoms with Crippen LogP contribution in [-0.4, -0.2) is 49.6 Å². The quantitative estimate of drug-likeness (QED) is 0.706. The highest BCUT2D eigenvalue weighted by Crippen LogP contribution is 2.23. The standard InChI is InChI=1S/C13H28N2/c1-13(2,3)8-10-15-9-6-7-12(15)11-14(4)5/h12H,6-11H2,1-5H3. The monoisotopic (exact) mass is 212 g/mol. The molecule has 0 aromatic rings. The SMILES string of the molecule is CN(C)CC1CCCN1CCC(C)(C)C. The Labute approximate surface area is 95.6 Å². The summed E-state index contributed by atoms with van der Waals surface area (Å²) < 4.78 is 0. The first kappa shape index (κ1) is 13.0. The van der Waals surface area contributed by atoms with Gasteiger partial charge in [0.1, 0.15) is 0 Å². The molecule has 1 saturated heterocycles. The molecule has 0 aromatic heterocycles. The Bertz CT molecular complexity index is 181. The van der Waals surface area contributed by atoms with Crippen LogP contribution < -0.4 is 0 Å². The van der Waals surface area contributed by atoms with E-state index in [1.54, 1.807) is 0 Å². The van der Waals surface area contributed by atoms with E-state index in [0.717, 1.165) is 6.04 Å². The molecular formula is C13H28N2. The zero-order valence-electron chi connectivity index (χ0n) is 11.2.